The molecule has 0 amide bonds. The molecular weight excluding hydrogens is 313 g/mol. The maximum Gasteiger partial charge on any atom is 0.123 e. The Morgan fingerprint density at radius 1 is 0.920 bits per heavy atom. The van der Waals surface area contributed by atoms with E-state index in [1.165, 1.54) is 30.5 Å². The summed E-state index contributed by atoms with van der Waals surface area (Å²) in [6, 6.07) is 15.2. The summed E-state index contributed by atoms with van der Waals surface area (Å²) in [6.45, 7) is 6.28. The van der Waals surface area contributed by atoms with Crippen molar-refractivity contribution in [2.45, 2.75) is 45.6 Å². The molecule has 0 radical (unpaired) electrons. The van der Waals surface area contributed by atoms with Crippen molar-refractivity contribution < 1.29 is 9.13 Å². The van der Waals surface area contributed by atoms with Crippen LogP contribution in [0.5, 0.6) is 5.75 Å². The lowest BCUT2D eigenvalue weighted by atomic mass is 9.88. The average Bonchev–Trinajstić information content (AvgIpc) is 2.62. The summed E-state index contributed by atoms with van der Waals surface area (Å²) in [5.74, 6) is 1.99. The molecule has 3 heteroatoms. The number of benzene rings is 2. The van der Waals surface area contributed by atoms with Gasteiger partial charge in [0.2, 0.25) is 0 Å². The van der Waals surface area contributed by atoms with Crippen LogP contribution in [0.1, 0.15) is 50.2 Å². The monoisotopic (exact) mass is 343 g/mol. The first-order chi connectivity index (χ1) is 12.1. The van der Waals surface area contributed by atoms with Crippen LogP contribution in [0.2, 0.25) is 0 Å². The van der Waals surface area contributed by atoms with E-state index in [1.54, 1.807) is 7.11 Å². The minimum Gasteiger partial charge on any atom is -0.497 e. The number of methoxy groups -OCH3 is 1. The fraction of sp³-hybridized carbons (Fsp3) is 0.455. The lowest BCUT2D eigenvalue weighted by Gasteiger charge is -2.19. The van der Waals surface area contributed by atoms with Gasteiger partial charge in [0.05, 0.1) is 7.11 Å². The van der Waals surface area contributed by atoms with Crippen LogP contribution in [0.25, 0.3) is 0 Å². The normalized spacial score (nSPS) is 12.4. The smallest absolute Gasteiger partial charge is 0.123 e. The highest BCUT2D eigenvalue weighted by Crippen LogP contribution is 2.28. The van der Waals surface area contributed by atoms with Crippen molar-refractivity contribution in [3.8, 4) is 5.75 Å². The number of halogens is 1. The van der Waals surface area contributed by atoms with Crippen LogP contribution in [0.3, 0.4) is 0 Å². The molecule has 0 heterocycles. The second kappa shape index (κ2) is 10.2. The summed E-state index contributed by atoms with van der Waals surface area (Å²) in [4.78, 5) is 0. The average molecular weight is 343 g/mol. The SMILES string of the molecule is COc1ccc([C@@H](CCNCc2ccc(F)cc2)CCC(C)C)cc1. The highest BCUT2D eigenvalue weighted by molar-refractivity contribution is 5.29. The summed E-state index contributed by atoms with van der Waals surface area (Å²) in [6.07, 6.45) is 3.52. The van der Waals surface area contributed by atoms with E-state index in [0.29, 0.717) is 11.8 Å². The molecule has 0 unspecified atom stereocenters. The zero-order valence-electron chi connectivity index (χ0n) is 15.6. The Bertz CT molecular complexity index is 607. The third-order valence-corrected chi connectivity index (χ3v) is 4.59. The molecule has 2 nitrogen and oxygen atoms in total. The number of hydrogen-bond acceptors (Lipinski definition) is 2. The van der Waals surface area contributed by atoms with Gasteiger partial charge in [0, 0.05) is 6.54 Å². The molecule has 2 aromatic carbocycles. The van der Waals surface area contributed by atoms with Gasteiger partial charge < -0.3 is 10.1 Å². The second-order valence-corrected chi connectivity index (χ2v) is 7.03. The highest BCUT2D eigenvalue weighted by atomic mass is 19.1. The third kappa shape index (κ3) is 6.87. The van der Waals surface area contributed by atoms with Gasteiger partial charge in [-0.15, -0.1) is 0 Å². The van der Waals surface area contributed by atoms with Gasteiger partial charge in [-0.2, -0.15) is 0 Å². The molecule has 0 aliphatic rings. The highest BCUT2D eigenvalue weighted by Gasteiger charge is 2.12. The molecule has 0 aliphatic carbocycles. The van der Waals surface area contributed by atoms with Gasteiger partial charge in [-0.05, 0) is 66.6 Å². The van der Waals surface area contributed by atoms with Crippen LogP contribution in [-0.4, -0.2) is 13.7 Å². The maximum absolute atomic E-state index is 12.9. The maximum atomic E-state index is 12.9. The van der Waals surface area contributed by atoms with Crippen LogP contribution in [0, 0.1) is 11.7 Å². The van der Waals surface area contributed by atoms with E-state index in [2.05, 4.69) is 31.3 Å². The van der Waals surface area contributed by atoms with Gasteiger partial charge in [0.25, 0.3) is 0 Å². The molecule has 0 aromatic heterocycles. The molecule has 0 aliphatic heterocycles. The molecule has 0 spiro atoms. The van der Waals surface area contributed by atoms with Gasteiger partial charge in [-0.3, -0.25) is 0 Å². The van der Waals surface area contributed by atoms with Crippen LogP contribution in [0.15, 0.2) is 48.5 Å². The topological polar surface area (TPSA) is 21.3 Å². The van der Waals surface area contributed by atoms with Crippen molar-refractivity contribution in [2.75, 3.05) is 13.7 Å². The molecule has 1 N–H and O–H groups in total. The Balaban J connectivity index is 1.87. The molecule has 0 saturated heterocycles. The predicted octanol–water partition coefficient (Wildman–Crippen LogP) is 5.53. The Labute approximate surface area is 151 Å². The largest absolute Gasteiger partial charge is 0.497 e. The fourth-order valence-electron chi connectivity index (χ4n) is 3.00. The Morgan fingerprint density at radius 3 is 2.20 bits per heavy atom. The Kier molecular flexibility index (Phi) is 7.93. The number of hydrogen-bond donors (Lipinski definition) is 1. The summed E-state index contributed by atoms with van der Waals surface area (Å²) < 4.78 is 18.2. The molecule has 0 fully saturated rings. The first-order valence-corrected chi connectivity index (χ1v) is 9.17. The molecule has 2 rings (SSSR count). The zero-order valence-corrected chi connectivity index (χ0v) is 15.6. The zero-order chi connectivity index (χ0) is 18.1. The van der Waals surface area contributed by atoms with E-state index in [0.717, 1.165) is 30.8 Å². The van der Waals surface area contributed by atoms with Gasteiger partial charge in [-0.1, -0.05) is 44.5 Å². The van der Waals surface area contributed by atoms with E-state index < -0.39 is 0 Å². The van der Waals surface area contributed by atoms with Crippen molar-refractivity contribution >= 4 is 0 Å². The van der Waals surface area contributed by atoms with Crippen molar-refractivity contribution in [2.24, 2.45) is 5.92 Å². The van der Waals surface area contributed by atoms with Crippen molar-refractivity contribution in [3.63, 3.8) is 0 Å². The number of nitrogens with one attached hydrogen (secondary N) is 1. The van der Waals surface area contributed by atoms with Gasteiger partial charge in [0.15, 0.2) is 0 Å². The molecular formula is C22H30FNO. The number of rotatable bonds is 10. The fourth-order valence-corrected chi connectivity index (χ4v) is 3.00. The van der Waals surface area contributed by atoms with E-state index in [4.69, 9.17) is 4.74 Å². The summed E-state index contributed by atoms with van der Waals surface area (Å²) in [7, 11) is 1.70. The second-order valence-electron chi connectivity index (χ2n) is 7.03. The van der Waals surface area contributed by atoms with Crippen LogP contribution in [-0.2, 0) is 6.54 Å². The van der Waals surface area contributed by atoms with E-state index >= 15 is 0 Å². The lowest BCUT2D eigenvalue weighted by molar-refractivity contribution is 0.414. The molecule has 2 aromatic rings. The lowest BCUT2D eigenvalue weighted by Crippen LogP contribution is -2.17. The predicted molar refractivity (Wildman–Crippen MR) is 103 cm³/mol. The summed E-state index contributed by atoms with van der Waals surface area (Å²) in [5, 5.41) is 3.48. The van der Waals surface area contributed by atoms with E-state index in [9.17, 15) is 4.39 Å². The molecule has 0 bridgehead atoms. The molecule has 136 valence electrons. The number of ether oxygens (including phenoxy) is 1. The van der Waals surface area contributed by atoms with Crippen molar-refractivity contribution in [1.82, 2.24) is 5.32 Å². The van der Waals surface area contributed by atoms with Gasteiger partial charge in [-0.25, -0.2) is 4.39 Å². The third-order valence-electron chi connectivity index (χ3n) is 4.59. The Morgan fingerprint density at radius 2 is 1.60 bits per heavy atom. The Hall–Kier alpha value is -1.87. The van der Waals surface area contributed by atoms with Gasteiger partial charge >= 0.3 is 0 Å². The standard InChI is InChI=1S/C22H30FNO/c1-17(2)4-7-20(19-8-12-22(25-3)13-9-19)14-15-24-16-18-5-10-21(23)11-6-18/h5-6,8-13,17,20,24H,4,7,14-16H2,1-3H3/t20-/m1/s1. The minimum atomic E-state index is -0.183. The molecule has 1 atom stereocenters. The van der Waals surface area contributed by atoms with Crippen LogP contribution >= 0.6 is 0 Å². The first-order valence-electron chi connectivity index (χ1n) is 9.17. The van der Waals surface area contributed by atoms with E-state index in [-0.39, 0.29) is 5.82 Å². The molecule has 0 saturated carbocycles. The summed E-state index contributed by atoms with van der Waals surface area (Å²) in [5.41, 5.74) is 2.50. The van der Waals surface area contributed by atoms with Crippen molar-refractivity contribution in [1.29, 1.82) is 0 Å². The molecule has 25 heavy (non-hydrogen) atoms. The summed E-state index contributed by atoms with van der Waals surface area (Å²) >= 11 is 0. The van der Waals surface area contributed by atoms with Gasteiger partial charge in [0.1, 0.15) is 11.6 Å². The van der Waals surface area contributed by atoms with Crippen LogP contribution < -0.4 is 10.1 Å². The van der Waals surface area contributed by atoms with E-state index in [1.807, 2.05) is 24.3 Å². The minimum absolute atomic E-state index is 0.183. The quantitative estimate of drug-likeness (QED) is 0.572. The first kappa shape index (κ1) is 19.5. The van der Waals surface area contributed by atoms with Crippen LogP contribution in [0.4, 0.5) is 4.39 Å². The van der Waals surface area contributed by atoms with Crippen molar-refractivity contribution in [3.05, 3.63) is 65.5 Å².